The number of carbonyl (C=O) groups excluding carboxylic acids is 1. The Balaban J connectivity index is 3.93. The molecule has 17 heavy (non-hydrogen) atoms. The Kier molecular flexibility index (Phi) is 7.88. The highest BCUT2D eigenvalue weighted by Gasteiger charge is 2.20. The Hall–Kier alpha value is -0.830. The van der Waals surface area contributed by atoms with Crippen molar-refractivity contribution in [2.24, 2.45) is 11.3 Å². The molecule has 3 nitrogen and oxygen atoms in total. The summed E-state index contributed by atoms with van der Waals surface area (Å²) in [7, 11) is 0. The van der Waals surface area contributed by atoms with Crippen LogP contribution in [0, 0.1) is 11.3 Å². The van der Waals surface area contributed by atoms with Gasteiger partial charge < -0.3 is 9.84 Å². The van der Waals surface area contributed by atoms with Gasteiger partial charge in [0.15, 0.2) is 0 Å². The fraction of sp³-hybridized carbons (Fsp3) is 0.786. The van der Waals surface area contributed by atoms with E-state index in [2.05, 4.69) is 6.92 Å². The van der Waals surface area contributed by atoms with Crippen LogP contribution >= 0.6 is 0 Å². The lowest BCUT2D eigenvalue weighted by Crippen LogP contribution is -2.27. The van der Waals surface area contributed by atoms with Crippen molar-refractivity contribution in [3.63, 3.8) is 0 Å². The van der Waals surface area contributed by atoms with Gasteiger partial charge in [-0.2, -0.15) is 0 Å². The molecule has 1 N–H and O–H groups in total. The molecule has 0 rings (SSSR count). The van der Waals surface area contributed by atoms with E-state index in [9.17, 15) is 4.79 Å². The molecule has 0 aromatic carbocycles. The number of allylic oxidation sites excluding steroid dienone is 1. The van der Waals surface area contributed by atoms with Gasteiger partial charge in [-0.3, -0.25) is 4.79 Å². The molecule has 0 aliphatic carbocycles. The lowest BCUT2D eigenvalue weighted by molar-refractivity contribution is -0.150. The first kappa shape index (κ1) is 16.2. The monoisotopic (exact) mass is 242 g/mol. The summed E-state index contributed by atoms with van der Waals surface area (Å²) >= 11 is 0. The molecule has 0 radical (unpaired) electrons. The minimum Gasteiger partial charge on any atom is -0.465 e. The second-order valence-electron chi connectivity index (χ2n) is 5.29. The number of esters is 1. The van der Waals surface area contributed by atoms with Crippen molar-refractivity contribution in [2.45, 2.75) is 47.0 Å². The highest BCUT2D eigenvalue weighted by Crippen LogP contribution is 2.15. The van der Waals surface area contributed by atoms with E-state index in [0.29, 0.717) is 0 Å². The van der Waals surface area contributed by atoms with E-state index < -0.39 is 0 Å². The molecule has 0 fully saturated rings. The van der Waals surface area contributed by atoms with Crippen LogP contribution in [-0.4, -0.2) is 24.3 Å². The summed E-state index contributed by atoms with van der Waals surface area (Å²) in [5, 5.41) is 9.04. The zero-order valence-corrected chi connectivity index (χ0v) is 11.5. The predicted molar refractivity (Wildman–Crippen MR) is 69.7 cm³/mol. The van der Waals surface area contributed by atoms with Crippen molar-refractivity contribution < 1.29 is 14.6 Å². The van der Waals surface area contributed by atoms with Gasteiger partial charge in [0.25, 0.3) is 0 Å². The summed E-state index contributed by atoms with van der Waals surface area (Å²) in [4.78, 5) is 11.6. The summed E-state index contributed by atoms with van der Waals surface area (Å²) in [5.41, 5.74) is -0.360. The molecule has 0 heterocycles. The minimum atomic E-state index is -0.360. The molecule has 0 bridgehead atoms. The Morgan fingerprint density at radius 3 is 2.65 bits per heavy atom. The first-order valence-electron chi connectivity index (χ1n) is 6.37. The molecule has 3 heteroatoms. The first-order valence-corrected chi connectivity index (χ1v) is 6.37. The van der Waals surface area contributed by atoms with E-state index in [1.807, 2.05) is 32.9 Å². The van der Waals surface area contributed by atoms with Crippen LogP contribution < -0.4 is 0 Å². The third-order valence-electron chi connectivity index (χ3n) is 2.55. The van der Waals surface area contributed by atoms with Gasteiger partial charge in [-0.05, 0) is 13.3 Å². The molecule has 0 aromatic heterocycles. The summed E-state index contributed by atoms with van der Waals surface area (Å²) < 4.78 is 5.17. The van der Waals surface area contributed by atoms with Gasteiger partial charge in [0.05, 0.1) is 19.1 Å². The Morgan fingerprint density at radius 2 is 2.12 bits per heavy atom. The largest absolute Gasteiger partial charge is 0.465 e. The topological polar surface area (TPSA) is 46.5 Å². The molecule has 0 unspecified atom stereocenters. The predicted octanol–water partition coefficient (Wildman–Crippen LogP) is 2.93. The summed E-state index contributed by atoms with van der Waals surface area (Å²) in [5.74, 6) is -0.430. The van der Waals surface area contributed by atoms with Gasteiger partial charge >= 0.3 is 5.97 Å². The fourth-order valence-corrected chi connectivity index (χ4v) is 1.14. The normalized spacial score (nSPS) is 13.9. The number of aliphatic hydroxyl groups is 1. The average Bonchev–Trinajstić information content (AvgIpc) is 2.31. The fourth-order valence-electron chi connectivity index (χ4n) is 1.14. The van der Waals surface area contributed by atoms with Crippen LogP contribution in [0.4, 0.5) is 0 Å². The molecule has 0 amide bonds. The number of hydrogen-bond donors (Lipinski definition) is 1. The molecule has 0 aliphatic heterocycles. The number of unbranched alkanes of at least 4 members (excludes halogenated alkanes) is 2. The van der Waals surface area contributed by atoms with Gasteiger partial charge in [-0.15, -0.1) is 0 Å². The Labute approximate surface area is 105 Å². The van der Waals surface area contributed by atoms with Crippen LogP contribution in [0.25, 0.3) is 0 Å². The highest BCUT2D eigenvalue weighted by molar-refractivity contribution is 5.73. The van der Waals surface area contributed by atoms with E-state index in [1.165, 1.54) is 0 Å². The number of hydrogen-bond acceptors (Lipinski definition) is 3. The average molecular weight is 242 g/mol. The smallest absolute Gasteiger partial charge is 0.312 e. The number of aliphatic hydroxyl groups excluding tert-OH is 1. The number of carbonyl (C=O) groups is 1. The lowest BCUT2D eigenvalue weighted by Gasteiger charge is -2.21. The van der Waals surface area contributed by atoms with Crippen LogP contribution in [0.15, 0.2) is 12.2 Å². The summed E-state index contributed by atoms with van der Waals surface area (Å²) in [6.45, 7) is 7.97. The van der Waals surface area contributed by atoms with Crippen LogP contribution in [0.2, 0.25) is 0 Å². The quantitative estimate of drug-likeness (QED) is 0.404. The van der Waals surface area contributed by atoms with Crippen molar-refractivity contribution in [3.8, 4) is 0 Å². The minimum absolute atomic E-state index is 0.0149. The lowest BCUT2D eigenvalue weighted by atomic mass is 9.96. The molecule has 0 saturated heterocycles. The SMILES string of the molecule is CCCCC=C[C@H](C)C(=O)OCC(C)(C)CO. The second-order valence-corrected chi connectivity index (χ2v) is 5.29. The maximum atomic E-state index is 11.6. The van der Waals surface area contributed by atoms with E-state index in [0.717, 1.165) is 19.3 Å². The molecule has 0 aromatic rings. The Bertz CT molecular complexity index is 244. The zero-order valence-electron chi connectivity index (χ0n) is 11.5. The third-order valence-corrected chi connectivity index (χ3v) is 2.55. The standard InChI is InChI=1S/C14H26O3/c1-5-6-7-8-9-12(2)13(16)17-11-14(3,4)10-15/h8-9,12,15H,5-7,10-11H2,1-4H3/t12-/m0/s1. The molecule has 0 spiro atoms. The molecule has 0 saturated carbocycles. The van der Waals surface area contributed by atoms with Gasteiger partial charge in [-0.25, -0.2) is 0 Å². The van der Waals surface area contributed by atoms with Crippen LogP contribution in [0.1, 0.15) is 47.0 Å². The van der Waals surface area contributed by atoms with Crippen molar-refractivity contribution in [3.05, 3.63) is 12.2 Å². The molecule has 100 valence electrons. The van der Waals surface area contributed by atoms with Crippen LogP contribution in [0.3, 0.4) is 0 Å². The molecule has 1 atom stereocenters. The van der Waals surface area contributed by atoms with Crippen molar-refractivity contribution in [2.75, 3.05) is 13.2 Å². The second kappa shape index (κ2) is 8.29. The van der Waals surface area contributed by atoms with Crippen molar-refractivity contribution >= 4 is 5.97 Å². The molecule has 0 aliphatic rings. The van der Waals surface area contributed by atoms with Gasteiger partial charge in [0, 0.05) is 5.41 Å². The highest BCUT2D eigenvalue weighted by atomic mass is 16.5. The number of rotatable bonds is 8. The van der Waals surface area contributed by atoms with E-state index >= 15 is 0 Å². The van der Waals surface area contributed by atoms with E-state index in [4.69, 9.17) is 9.84 Å². The molecular formula is C14H26O3. The Morgan fingerprint density at radius 1 is 1.47 bits per heavy atom. The maximum absolute atomic E-state index is 11.6. The van der Waals surface area contributed by atoms with Crippen molar-refractivity contribution in [1.29, 1.82) is 0 Å². The van der Waals surface area contributed by atoms with Crippen molar-refractivity contribution in [1.82, 2.24) is 0 Å². The third kappa shape index (κ3) is 7.97. The van der Waals surface area contributed by atoms with E-state index in [-0.39, 0.29) is 30.5 Å². The van der Waals surface area contributed by atoms with Crippen LogP contribution in [0.5, 0.6) is 0 Å². The van der Waals surface area contributed by atoms with Gasteiger partial charge in [0.2, 0.25) is 0 Å². The van der Waals surface area contributed by atoms with Crippen LogP contribution in [-0.2, 0) is 9.53 Å². The summed E-state index contributed by atoms with van der Waals surface area (Å²) in [6.07, 6.45) is 7.25. The van der Waals surface area contributed by atoms with E-state index in [1.54, 1.807) is 0 Å². The maximum Gasteiger partial charge on any atom is 0.312 e. The van der Waals surface area contributed by atoms with Gasteiger partial charge in [0.1, 0.15) is 0 Å². The van der Waals surface area contributed by atoms with Gasteiger partial charge in [-0.1, -0.05) is 45.8 Å². The molecular weight excluding hydrogens is 216 g/mol. The number of ether oxygens (including phenoxy) is 1. The zero-order chi connectivity index (χ0) is 13.3. The summed E-state index contributed by atoms with van der Waals surface area (Å²) in [6, 6.07) is 0. The first-order chi connectivity index (χ1) is 7.93.